The Morgan fingerprint density at radius 1 is 1.32 bits per heavy atom. The van der Waals surface area contributed by atoms with Crippen LogP contribution >= 0.6 is 0 Å². The predicted octanol–water partition coefficient (Wildman–Crippen LogP) is 1.84. The molecule has 0 radical (unpaired) electrons. The Bertz CT molecular complexity index is 526. The van der Waals surface area contributed by atoms with Crippen molar-refractivity contribution >= 4 is 17.9 Å². The highest BCUT2D eigenvalue weighted by Crippen LogP contribution is 2.23. The molecular weight excluding hydrogens is 288 g/mol. The molecule has 0 aromatic carbocycles. The molecule has 1 heterocycles. The summed E-state index contributed by atoms with van der Waals surface area (Å²) in [5.41, 5.74) is 0. The molecule has 0 aliphatic heterocycles. The Morgan fingerprint density at radius 3 is 2.77 bits per heavy atom. The zero-order valence-corrected chi connectivity index (χ0v) is 12.5. The largest absolute Gasteiger partial charge is 0.457 e. The van der Waals surface area contributed by atoms with Gasteiger partial charge in [-0.2, -0.15) is 0 Å². The van der Waals surface area contributed by atoms with Gasteiger partial charge in [-0.3, -0.25) is 10.1 Å². The minimum atomic E-state index is -0.749. The van der Waals surface area contributed by atoms with Crippen molar-refractivity contribution in [2.45, 2.75) is 38.6 Å². The molecule has 1 fully saturated rings. The lowest BCUT2D eigenvalue weighted by atomic mass is 9.86. The summed E-state index contributed by atoms with van der Waals surface area (Å²) in [6, 6.07) is 2.48. The van der Waals surface area contributed by atoms with Crippen LogP contribution in [0.5, 0.6) is 0 Å². The van der Waals surface area contributed by atoms with Crippen LogP contribution in [0, 0.1) is 5.92 Å². The minimum Gasteiger partial charge on any atom is -0.457 e. The van der Waals surface area contributed by atoms with Gasteiger partial charge in [-0.05, 0) is 30.9 Å². The topological polar surface area (TPSA) is 97.6 Å². The minimum absolute atomic E-state index is 0.00767. The number of nitrogens with one attached hydrogen (secondary N) is 2. The molecule has 22 heavy (non-hydrogen) atoms. The molecule has 1 aliphatic carbocycles. The number of rotatable bonds is 4. The second-order valence-electron chi connectivity index (χ2n) is 5.44. The van der Waals surface area contributed by atoms with Gasteiger partial charge in [0.05, 0.1) is 6.26 Å². The van der Waals surface area contributed by atoms with Gasteiger partial charge in [0.1, 0.15) is 0 Å². The summed E-state index contributed by atoms with van der Waals surface area (Å²) in [5.74, 6) is -1.03. The maximum atomic E-state index is 11.7. The van der Waals surface area contributed by atoms with Crippen molar-refractivity contribution in [2.24, 2.45) is 5.92 Å². The van der Waals surface area contributed by atoms with Crippen molar-refractivity contribution in [3.05, 3.63) is 24.2 Å². The van der Waals surface area contributed by atoms with Gasteiger partial charge in [0.25, 0.3) is 5.91 Å². The first-order valence-corrected chi connectivity index (χ1v) is 7.37. The Labute approximate surface area is 128 Å². The molecule has 7 nitrogen and oxygen atoms in total. The van der Waals surface area contributed by atoms with Crippen molar-refractivity contribution in [1.29, 1.82) is 0 Å². The van der Waals surface area contributed by atoms with Crippen LogP contribution in [-0.2, 0) is 9.53 Å². The molecule has 1 aromatic heterocycles. The fourth-order valence-electron chi connectivity index (χ4n) is 2.49. The number of hydrogen-bond donors (Lipinski definition) is 2. The Hall–Kier alpha value is -2.31. The Balaban J connectivity index is 1.70. The van der Waals surface area contributed by atoms with E-state index in [2.05, 4.69) is 17.6 Å². The number of hydrogen-bond acceptors (Lipinski definition) is 5. The first kappa shape index (κ1) is 16.1. The molecule has 2 rings (SSSR count). The van der Waals surface area contributed by atoms with Gasteiger partial charge in [0, 0.05) is 6.04 Å². The van der Waals surface area contributed by atoms with Crippen molar-refractivity contribution < 1.29 is 23.5 Å². The van der Waals surface area contributed by atoms with E-state index >= 15 is 0 Å². The van der Waals surface area contributed by atoms with Gasteiger partial charge in [0.2, 0.25) is 5.76 Å². The summed E-state index contributed by atoms with van der Waals surface area (Å²) in [4.78, 5) is 34.8. The smallest absolute Gasteiger partial charge is 0.374 e. The normalized spacial score (nSPS) is 21.0. The summed E-state index contributed by atoms with van der Waals surface area (Å²) < 4.78 is 9.57. The van der Waals surface area contributed by atoms with E-state index in [1.165, 1.54) is 24.8 Å². The number of esters is 1. The molecule has 0 saturated heterocycles. The van der Waals surface area contributed by atoms with Gasteiger partial charge < -0.3 is 14.5 Å². The second-order valence-corrected chi connectivity index (χ2v) is 5.44. The second kappa shape index (κ2) is 7.63. The Kier molecular flexibility index (Phi) is 5.57. The van der Waals surface area contributed by atoms with Crippen LogP contribution in [0.4, 0.5) is 4.79 Å². The highest BCUT2D eigenvalue weighted by atomic mass is 16.5. The Morgan fingerprint density at radius 2 is 2.09 bits per heavy atom. The molecule has 2 N–H and O–H groups in total. The lowest BCUT2D eigenvalue weighted by Gasteiger charge is -2.29. The third-order valence-electron chi connectivity index (χ3n) is 3.74. The van der Waals surface area contributed by atoms with Crippen LogP contribution in [-0.4, -0.2) is 30.6 Å². The average Bonchev–Trinajstić information content (AvgIpc) is 3.01. The van der Waals surface area contributed by atoms with Gasteiger partial charge in [-0.15, -0.1) is 0 Å². The monoisotopic (exact) mass is 308 g/mol. The van der Waals surface area contributed by atoms with Crippen molar-refractivity contribution in [1.82, 2.24) is 10.6 Å². The van der Waals surface area contributed by atoms with E-state index in [0.29, 0.717) is 5.92 Å². The molecule has 0 bridgehead atoms. The number of carbonyl (C=O) groups is 3. The van der Waals surface area contributed by atoms with E-state index in [1.807, 2.05) is 0 Å². The molecule has 1 saturated carbocycles. The van der Waals surface area contributed by atoms with Gasteiger partial charge in [-0.1, -0.05) is 19.8 Å². The first-order chi connectivity index (χ1) is 10.6. The van der Waals surface area contributed by atoms with Crippen LogP contribution in [0.2, 0.25) is 0 Å². The third kappa shape index (κ3) is 4.61. The fraction of sp³-hybridized carbons (Fsp3) is 0.533. The van der Waals surface area contributed by atoms with E-state index in [0.717, 1.165) is 19.3 Å². The van der Waals surface area contributed by atoms with Crippen molar-refractivity contribution in [2.75, 3.05) is 6.61 Å². The lowest BCUT2D eigenvalue weighted by Crippen LogP contribution is -2.48. The number of urea groups is 1. The average molecular weight is 308 g/mol. The van der Waals surface area contributed by atoms with Crippen LogP contribution in [0.25, 0.3) is 0 Å². The molecule has 0 unspecified atom stereocenters. The highest BCUT2D eigenvalue weighted by molar-refractivity contribution is 5.96. The summed E-state index contributed by atoms with van der Waals surface area (Å²) in [6.45, 7) is 1.55. The third-order valence-corrected chi connectivity index (χ3v) is 3.74. The predicted molar refractivity (Wildman–Crippen MR) is 77.1 cm³/mol. The van der Waals surface area contributed by atoms with E-state index in [1.54, 1.807) is 0 Å². The highest BCUT2D eigenvalue weighted by Gasteiger charge is 2.23. The van der Waals surface area contributed by atoms with Gasteiger partial charge >= 0.3 is 12.0 Å². The molecule has 120 valence electrons. The molecular formula is C15H20N2O5. The lowest BCUT2D eigenvalue weighted by molar-refractivity contribution is -0.123. The number of furan rings is 1. The fourth-order valence-corrected chi connectivity index (χ4v) is 2.49. The maximum Gasteiger partial charge on any atom is 0.374 e. The number of carbonyl (C=O) groups excluding carboxylic acids is 3. The number of ether oxygens (including phenoxy) is 1. The molecule has 1 aromatic rings. The van der Waals surface area contributed by atoms with Gasteiger partial charge in [-0.25, -0.2) is 9.59 Å². The van der Waals surface area contributed by atoms with E-state index < -0.39 is 24.5 Å². The standard InChI is InChI=1S/C15H20N2O5/c1-10-5-2-3-6-11(10)16-15(20)17-13(18)9-22-14(19)12-7-4-8-21-12/h4,7-8,10-11H,2-3,5-6,9H2,1H3,(H2,16,17,18,20)/t10-,11+/m1/s1. The van der Waals surface area contributed by atoms with Crippen LogP contribution in [0.15, 0.2) is 22.8 Å². The summed E-state index contributed by atoms with van der Waals surface area (Å²) >= 11 is 0. The molecule has 2 atom stereocenters. The van der Waals surface area contributed by atoms with Crippen molar-refractivity contribution in [3.63, 3.8) is 0 Å². The van der Waals surface area contributed by atoms with Crippen LogP contribution in [0.3, 0.4) is 0 Å². The first-order valence-electron chi connectivity index (χ1n) is 7.37. The zero-order chi connectivity index (χ0) is 15.9. The summed E-state index contributed by atoms with van der Waals surface area (Å²) in [7, 11) is 0. The van der Waals surface area contributed by atoms with Crippen LogP contribution < -0.4 is 10.6 Å². The SMILES string of the molecule is C[C@@H]1CCCC[C@@H]1NC(=O)NC(=O)COC(=O)c1ccco1. The van der Waals surface area contributed by atoms with Gasteiger partial charge in [0.15, 0.2) is 6.61 Å². The molecule has 3 amide bonds. The molecule has 7 heteroatoms. The maximum absolute atomic E-state index is 11.7. The zero-order valence-electron chi connectivity index (χ0n) is 12.5. The van der Waals surface area contributed by atoms with Crippen LogP contribution in [0.1, 0.15) is 43.2 Å². The molecule has 1 aliphatic rings. The quantitative estimate of drug-likeness (QED) is 0.827. The number of amides is 3. The summed E-state index contributed by atoms with van der Waals surface area (Å²) in [6.07, 6.45) is 5.55. The van der Waals surface area contributed by atoms with E-state index in [-0.39, 0.29) is 11.8 Å². The number of imide groups is 1. The summed E-state index contributed by atoms with van der Waals surface area (Å²) in [5, 5.41) is 4.94. The molecule has 0 spiro atoms. The van der Waals surface area contributed by atoms with E-state index in [9.17, 15) is 14.4 Å². The van der Waals surface area contributed by atoms with Crippen molar-refractivity contribution in [3.8, 4) is 0 Å². The van der Waals surface area contributed by atoms with E-state index in [4.69, 9.17) is 9.15 Å².